The summed E-state index contributed by atoms with van der Waals surface area (Å²) in [5, 5.41) is 0.584. The van der Waals surface area contributed by atoms with Gasteiger partial charge in [-0.15, -0.1) is 0 Å². The Morgan fingerprint density at radius 1 is 1.17 bits per heavy atom. The minimum absolute atomic E-state index is 0.157. The van der Waals surface area contributed by atoms with Gasteiger partial charge in [0.05, 0.1) is 18.4 Å². The van der Waals surface area contributed by atoms with Gasteiger partial charge in [0.15, 0.2) is 16.6 Å². The number of anilines is 1. The van der Waals surface area contributed by atoms with Crippen LogP contribution in [0.3, 0.4) is 0 Å². The number of nitrogens with zero attached hydrogens (tertiary/aromatic N) is 3. The van der Waals surface area contributed by atoms with E-state index in [2.05, 4.69) is 4.98 Å². The van der Waals surface area contributed by atoms with E-state index in [1.165, 1.54) is 11.3 Å². The van der Waals surface area contributed by atoms with E-state index in [0.29, 0.717) is 34.5 Å². The molecule has 0 fully saturated rings. The second-order valence-electron chi connectivity index (χ2n) is 6.62. The number of carbonyl (C=O) groups is 1. The average molecular weight is 419 g/mol. The van der Waals surface area contributed by atoms with Gasteiger partial charge in [0, 0.05) is 18.0 Å². The number of hydrogen-bond acceptors (Lipinski definition) is 7. The summed E-state index contributed by atoms with van der Waals surface area (Å²) in [5.74, 6) is 1.69. The highest BCUT2D eigenvalue weighted by Gasteiger charge is 2.25. The average Bonchev–Trinajstić information content (AvgIpc) is 3.43. The quantitative estimate of drug-likeness (QED) is 0.481. The molecule has 0 atom stereocenters. The monoisotopic (exact) mass is 419 g/mol. The molecule has 0 N–H and O–H groups in total. The Morgan fingerprint density at radius 2 is 2.07 bits per heavy atom. The van der Waals surface area contributed by atoms with E-state index in [9.17, 15) is 4.79 Å². The molecule has 5 rings (SSSR count). The molecular weight excluding hydrogens is 402 g/mol. The lowest BCUT2D eigenvalue weighted by Gasteiger charge is -2.20. The van der Waals surface area contributed by atoms with Crippen LogP contribution in [0, 0.1) is 0 Å². The number of benzene rings is 2. The van der Waals surface area contributed by atoms with E-state index in [1.54, 1.807) is 42.6 Å². The fourth-order valence-electron chi connectivity index (χ4n) is 3.28. The predicted octanol–water partition coefficient (Wildman–Crippen LogP) is 4.28. The molecule has 2 aromatic heterocycles. The summed E-state index contributed by atoms with van der Waals surface area (Å²) in [7, 11) is 1.61. The number of ether oxygens (including phenoxy) is 3. The minimum atomic E-state index is -0.185. The van der Waals surface area contributed by atoms with E-state index >= 15 is 0 Å². The molecule has 1 aliphatic heterocycles. The van der Waals surface area contributed by atoms with E-state index in [4.69, 9.17) is 19.2 Å². The number of carbonyl (C=O) groups excluding carboxylic acids is 1. The molecule has 1 aliphatic rings. The van der Waals surface area contributed by atoms with Crippen molar-refractivity contribution in [2.75, 3.05) is 18.8 Å². The van der Waals surface area contributed by atoms with Crippen LogP contribution in [0.5, 0.6) is 17.2 Å². The summed E-state index contributed by atoms with van der Waals surface area (Å²) < 4.78 is 17.2. The van der Waals surface area contributed by atoms with Crippen LogP contribution in [0.4, 0.5) is 5.13 Å². The van der Waals surface area contributed by atoms with Crippen molar-refractivity contribution >= 4 is 32.6 Å². The van der Waals surface area contributed by atoms with E-state index in [1.807, 2.05) is 30.3 Å². The second-order valence-corrected chi connectivity index (χ2v) is 7.63. The molecule has 150 valence electrons. The number of methoxy groups -OCH3 is 1. The summed E-state index contributed by atoms with van der Waals surface area (Å²) in [5.41, 5.74) is 2.13. The first-order chi connectivity index (χ1) is 14.7. The fourth-order valence-corrected chi connectivity index (χ4v) is 4.26. The minimum Gasteiger partial charge on any atom is -0.494 e. The van der Waals surface area contributed by atoms with Crippen LogP contribution in [-0.2, 0) is 6.54 Å². The molecule has 7 nitrogen and oxygen atoms in total. The summed E-state index contributed by atoms with van der Waals surface area (Å²) in [6.07, 6.45) is 3.45. The molecule has 0 spiro atoms. The first-order valence-electron chi connectivity index (χ1n) is 9.27. The Morgan fingerprint density at radius 3 is 2.90 bits per heavy atom. The van der Waals surface area contributed by atoms with Crippen molar-refractivity contribution < 1.29 is 19.0 Å². The van der Waals surface area contributed by atoms with Crippen LogP contribution in [0.1, 0.15) is 15.9 Å². The molecule has 30 heavy (non-hydrogen) atoms. The molecular formula is C22H17N3O4S. The van der Waals surface area contributed by atoms with E-state index in [0.717, 1.165) is 15.8 Å². The second kappa shape index (κ2) is 7.64. The standard InChI is InChI=1S/C22H17N3O4S/c1-27-17-5-2-6-19-20(17)24-22(30-19)25(12-14-4-3-9-23-11-14)21(26)15-7-8-16-18(10-15)29-13-28-16/h2-11H,12-13H2,1H3. The number of amides is 1. The van der Waals surface area contributed by atoms with Gasteiger partial charge in [-0.3, -0.25) is 14.7 Å². The van der Waals surface area contributed by atoms with Crippen LogP contribution in [0.2, 0.25) is 0 Å². The Balaban J connectivity index is 1.57. The van der Waals surface area contributed by atoms with Crippen molar-refractivity contribution in [2.45, 2.75) is 6.54 Å². The van der Waals surface area contributed by atoms with Gasteiger partial charge in [-0.05, 0) is 42.0 Å². The summed E-state index contributed by atoms with van der Waals surface area (Å²) >= 11 is 1.44. The van der Waals surface area contributed by atoms with Gasteiger partial charge in [0.2, 0.25) is 6.79 Å². The zero-order valence-corrected chi connectivity index (χ0v) is 16.9. The number of para-hydroxylation sites is 1. The van der Waals surface area contributed by atoms with Gasteiger partial charge in [-0.2, -0.15) is 0 Å². The number of hydrogen-bond donors (Lipinski definition) is 0. The number of thiazole rings is 1. The zero-order valence-electron chi connectivity index (χ0n) is 16.1. The molecule has 2 aromatic carbocycles. The van der Waals surface area contributed by atoms with Crippen molar-refractivity contribution in [3.8, 4) is 17.2 Å². The van der Waals surface area contributed by atoms with Crippen molar-refractivity contribution in [3.63, 3.8) is 0 Å². The van der Waals surface area contributed by atoms with Gasteiger partial charge in [0.25, 0.3) is 5.91 Å². The molecule has 0 aliphatic carbocycles. The van der Waals surface area contributed by atoms with Gasteiger partial charge in [-0.25, -0.2) is 4.98 Å². The predicted molar refractivity (Wildman–Crippen MR) is 113 cm³/mol. The highest BCUT2D eigenvalue weighted by atomic mass is 32.1. The Hall–Kier alpha value is -3.65. The highest BCUT2D eigenvalue weighted by Crippen LogP contribution is 2.37. The number of aromatic nitrogens is 2. The van der Waals surface area contributed by atoms with Crippen molar-refractivity contribution in [1.82, 2.24) is 9.97 Å². The largest absolute Gasteiger partial charge is 0.494 e. The molecule has 3 heterocycles. The zero-order chi connectivity index (χ0) is 20.5. The maximum absolute atomic E-state index is 13.5. The Labute approximate surface area is 176 Å². The summed E-state index contributed by atoms with van der Waals surface area (Å²) in [4.78, 5) is 24.1. The number of rotatable bonds is 5. The van der Waals surface area contributed by atoms with Gasteiger partial charge in [-0.1, -0.05) is 23.5 Å². The van der Waals surface area contributed by atoms with Crippen molar-refractivity contribution in [3.05, 3.63) is 72.1 Å². The molecule has 4 aromatic rings. The van der Waals surface area contributed by atoms with Crippen LogP contribution in [0.15, 0.2) is 60.9 Å². The molecule has 0 radical (unpaired) electrons. The summed E-state index contributed by atoms with van der Waals surface area (Å²) in [6.45, 7) is 0.493. The molecule has 1 amide bonds. The van der Waals surface area contributed by atoms with Gasteiger partial charge >= 0.3 is 0 Å². The molecule has 0 bridgehead atoms. The maximum Gasteiger partial charge on any atom is 0.260 e. The van der Waals surface area contributed by atoms with E-state index in [-0.39, 0.29) is 12.7 Å². The number of fused-ring (bicyclic) bond motifs is 2. The fraction of sp³-hybridized carbons (Fsp3) is 0.136. The van der Waals surface area contributed by atoms with Crippen molar-refractivity contribution in [2.24, 2.45) is 0 Å². The SMILES string of the molecule is COc1cccc2sc(N(Cc3cccnc3)C(=O)c3ccc4c(c3)OCO4)nc12. The van der Waals surface area contributed by atoms with Crippen LogP contribution in [0.25, 0.3) is 10.2 Å². The van der Waals surface area contributed by atoms with Crippen molar-refractivity contribution in [1.29, 1.82) is 0 Å². The van der Waals surface area contributed by atoms with Crippen LogP contribution < -0.4 is 19.1 Å². The molecule has 0 saturated carbocycles. The third-order valence-electron chi connectivity index (χ3n) is 4.75. The first kappa shape index (κ1) is 18.4. The van der Waals surface area contributed by atoms with Gasteiger partial charge < -0.3 is 14.2 Å². The van der Waals surface area contributed by atoms with Crippen LogP contribution in [-0.4, -0.2) is 29.8 Å². The molecule has 8 heteroatoms. The summed E-state index contributed by atoms with van der Waals surface area (Å²) in [6, 6.07) is 14.7. The molecule has 0 saturated heterocycles. The normalized spacial score (nSPS) is 12.2. The van der Waals surface area contributed by atoms with Crippen LogP contribution >= 0.6 is 11.3 Å². The highest BCUT2D eigenvalue weighted by molar-refractivity contribution is 7.22. The third-order valence-corrected chi connectivity index (χ3v) is 5.79. The lowest BCUT2D eigenvalue weighted by atomic mass is 10.1. The smallest absolute Gasteiger partial charge is 0.260 e. The topological polar surface area (TPSA) is 73.8 Å². The van der Waals surface area contributed by atoms with E-state index < -0.39 is 0 Å². The van der Waals surface area contributed by atoms with Gasteiger partial charge in [0.1, 0.15) is 11.3 Å². The Bertz CT molecular complexity index is 1230. The third kappa shape index (κ3) is 3.31. The lowest BCUT2D eigenvalue weighted by Crippen LogP contribution is -2.30. The molecule has 0 unspecified atom stereocenters. The Kier molecular flexibility index (Phi) is 4.68. The lowest BCUT2D eigenvalue weighted by molar-refractivity contribution is 0.0984. The maximum atomic E-state index is 13.5. The number of pyridine rings is 1. The first-order valence-corrected chi connectivity index (χ1v) is 10.1.